The van der Waals surface area contributed by atoms with Crippen LogP contribution in [0.5, 0.6) is 0 Å². The molecule has 8 nitrogen and oxygen atoms in total. The van der Waals surface area contributed by atoms with E-state index < -0.39 is 42.5 Å². The molecule has 4 atom stereocenters. The van der Waals surface area contributed by atoms with Crippen molar-refractivity contribution in [2.75, 3.05) is 6.61 Å². The molecule has 1 aromatic heterocycles. The summed E-state index contributed by atoms with van der Waals surface area (Å²) in [7, 11) is 0. The van der Waals surface area contributed by atoms with Crippen molar-refractivity contribution in [1.82, 2.24) is 9.88 Å². The average Bonchev–Trinajstić information content (AvgIpc) is 3.07. The molecule has 0 unspecified atom stereocenters. The number of aliphatic hydroxyl groups excluding tert-OH is 3. The van der Waals surface area contributed by atoms with Gasteiger partial charge >= 0.3 is 0 Å². The van der Waals surface area contributed by atoms with Gasteiger partial charge in [0.15, 0.2) is 6.23 Å². The summed E-state index contributed by atoms with van der Waals surface area (Å²) in [6.45, 7) is -0.343. The lowest BCUT2D eigenvalue weighted by atomic mass is 10.1. The summed E-state index contributed by atoms with van der Waals surface area (Å²) in [5.41, 5.74) is 0.407. The molecular weight excluding hydrogens is 459 g/mol. The van der Waals surface area contributed by atoms with Gasteiger partial charge in [-0.3, -0.25) is 9.59 Å². The molecule has 4 N–H and O–H groups in total. The maximum Gasteiger partial charge on any atom is 0.257 e. The Kier molecular flexibility index (Phi) is 6.52. The molecule has 1 aliphatic heterocycles. The Balaban J connectivity index is 1.74. The minimum atomic E-state index is -1.39. The van der Waals surface area contributed by atoms with Crippen molar-refractivity contribution in [3.05, 3.63) is 80.1 Å². The standard InChI is InChI=1S/C22H20Cl2N2O6/c23-12-3-1-11(2-4-12)8-25-21(31)15-9-26(22-20(30)19(29)17(10-27)32-22)16-6-5-13(24)7-14(16)18(15)28/h1-7,9,17,19-20,22,27,29-30H,8,10H2,(H,25,31)/t17-,19-,20-,22-/m1/s1. The lowest BCUT2D eigenvalue weighted by Gasteiger charge is -2.22. The Morgan fingerprint density at radius 2 is 1.75 bits per heavy atom. The number of ether oxygens (including phenoxy) is 1. The number of aromatic nitrogens is 1. The first-order valence-corrected chi connectivity index (χ1v) is 10.5. The second-order valence-corrected chi connectivity index (χ2v) is 8.35. The summed E-state index contributed by atoms with van der Waals surface area (Å²) in [4.78, 5) is 26.0. The highest BCUT2D eigenvalue weighted by Crippen LogP contribution is 2.32. The predicted octanol–water partition coefficient (Wildman–Crippen LogP) is 1.85. The van der Waals surface area contributed by atoms with E-state index in [1.165, 1.54) is 16.8 Å². The number of amides is 1. The van der Waals surface area contributed by atoms with Gasteiger partial charge in [-0.05, 0) is 35.9 Å². The van der Waals surface area contributed by atoms with Gasteiger partial charge in [0.05, 0.1) is 12.1 Å². The fraction of sp³-hybridized carbons (Fsp3) is 0.273. The van der Waals surface area contributed by atoms with Crippen molar-refractivity contribution in [3.63, 3.8) is 0 Å². The van der Waals surface area contributed by atoms with Gasteiger partial charge < -0.3 is 29.9 Å². The maximum absolute atomic E-state index is 13.1. The number of benzene rings is 2. The quantitative estimate of drug-likeness (QED) is 0.444. The Labute approximate surface area is 192 Å². The Bertz CT molecular complexity index is 1210. The van der Waals surface area contributed by atoms with Crippen LogP contribution in [0, 0.1) is 0 Å². The molecule has 2 heterocycles. The van der Waals surface area contributed by atoms with Gasteiger partial charge in [0, 0.05) is 28.2 Å². The minimum Gasteiger partial charge on any atom is -0.394 e. The molecule has 0 saturated carbocycles. The van der Waals surface area contributed by atoms with Crippen LogP contribution in [0.15, 0.2) is 53.5 Å². The molecule has 2 aromatic carbocycles. The van der Waals surface area contributed by atoms with Gasteiger partial charge in [0.1, 0.15) is 23.9 Å². The molecule has 10 heteroatoms. The van der Waals surface area contributed by atoms with Crippen molar-refractivity contribution in [2.24, 2.45) is 0 Å². The van der Waals surface area contributed by atoms with Crippen LogP contribution in [0.1, 0.15) is 22.1 Å². The maximum atomic E-state index is 13.1. The Hall–Kier alpha value is -2.46. The number of carbonyl (C=O) groups is 1. The molecule has 1 amide bonds. The third-order valence-electron chi connectivity index (χ3n) is 5.40. The van der Waals surface area contributed by atoms with Crippen LogP contribution >= 0.6 is 23.2 Å². The third kappa shape index (κ3) is 4.25. The van der Waals surface area contributed by atoms with Gasteiger partial charge in [-0.2, -0.15) is 0 Å². The second-order valence-electron chi connectivity index (χ2n) is 7.48. The van der Waals surface area contributed by atoms with Gasteiger partial charge in [-0.1, -0.05) is 35.3 Å². The van der Waals surface area contributed by atoms with Crippen molar-refractivity contribution >= 4 is 40.0 Å². The number of hydrogen-bond donors (Lipinski definition) is 4. The summed E-state index contributed by atoms with van der Waals surface area (Å²) in [6.07, 6.45) is -3.60. The van der Waals surface area contributed by atoms with Crippen LogP contribution in [0.25, 0.3) is 10.9 Å². The van der Waals surface area contributed by atoms with Crippen molar-refractivity contribution in [3.8, 4) is 0 Å². The number of rotatable bonds is 5. The number of nitrogens with zero attached hydrogens (tertiary/aromatic N) is 1. The van der Waals surface area contributed by atoms with Crippen LogP contribution in [-0.2, 0) is 11.3 Å². The smallest absolute Gasteiger partial charge is 0.257 e. The highest BCUT2D eigenvalue weighted by molar-refractivity contribution is 6.31. The minimum absolute atomic E-state index is 0.148. The van der Waals surface area contributed by atoms with E-state index in [0.717, 1.165) is 5.56 Å². The normalized spacial score (nSPS) is 22.9. The SMILES string of the molecule is O=C(NCc1ccc(Cl)cc1)c1cn([C@@H]2O[C@H](CO)[C@@H](O)[C@H]2O)c2ccc(Cl)cc2c1=O. The Morgan fingerprint density at radius 3 is 2.41 bits per heavy atom. The molecule has 3 aromatic rings. The van der Waals surface area contributed by atoms with E-state index in [-0.39, 0.29) is 17.5 Å². The van der Waals surface area contributed by atoms with Crippen molar-refractivity contribution in [2.45, 2.75) is 31.1 Å². The number of aliphatic hydroxyl groups is 3. The molecule has 1 fully saturated rings. The van der Waals surface area contributed by atoms with Crippen molar-refractivity contribution < 1.29 is 24.9 Å². The zero-order valence-corrected chi connectivity index (χ0v) is 18.1. The number of carbonyl (C=O) groups excluding carboxylic acids is 1. The molecule has 1 aliphatic rings. The van der Waals surface area contributed by atoms with E-state index in [0.29, 0.717) is 15.6 Å². The zero-order chi connectivity index (χ0) is 23.0. The van der Waals surface area contributed by atoms with E-state index in [4.69, 9.17) is 27.9 Å². The first kappa shape index (κ1) is 22.7. The topological polar surface area (TPSA) is 121 Å². The van der Waals surface area contributed by atoms with Crippen LogP contribution in [0.3, 0.4) is 0 Å². The van der Waals surface area contributed by atoms with E-state index in [9.17, 15) is 24.9 Å². The molecule has 0 radical (unpaired) electrons. The molecule has 1 saturated heterocycles. The highest BCUT2D eigenvalue weighted by Gasteiger charge is 2.43. The number of nitrogens with one attached hydrogen (secondary N) is 1. The second kappa shape index (κ2) is 9.19. The molecule has 4 rings (SSSR count). The van der Waals surface area contributed by atoms with E-state index in [1.54, 1.807) is 36.4 Å². The van der Waals surface area contributed by atoms with E-state index in [1.807, 2.05) is 0 Å². The predicted molar refractivity (Wildman–Crippen MR) is 119 cm³/mol. The van der Waals surface area contributed by atoms with Gasteiger partial charge in [0.25, 0.3) is 5.91 Å². The third-order valence-corrected chi connectivity index (χ3v) is 5.88. The van der Waals surface area contributed by atoms with Crippen molar-refractivity contribution in [1.29, 1.82) is 0 Å². The van der Waals surface area contributed by atoms with E-state index in [2.05, 4.69) is 5.32 Å². The summed E-state index contributed by atoms with van der Waals surface area (Å²) >= 11 is 11.9. The lowest BCUT2D eigenvalue weighted by Crippen LogP contribution is -2.34. The number of fused-ring (bicyclic) bond motifs is 1. The summed E-state index contributed by atoms with van der Waals surface area (Å²) < 4.78 is 7.00. The first-order valence-electron chi connectivity index (χ1n) is 9.79. The van der Waals surface area contributed by atoms with Gasteiger partial charge in [0.2, 0.25) is 5.43 Å². The first-order chi connectivity index (χ1) is 15.3. The van der Waals surface area contributed by atoms with Gasteiger partial charge in [-0.15, -0.1) is 0 Å². The molecule has 168 valence electrons. The number of halogens is 2. The molecule has 0 bridgehead atoms. The summed E-state index contributed by atoms with van der Waals surface area (Å²) in [5.74, 6) is -0.632. The molecule has 0 spiro atoms. The summed E-state index contributed by atoms with van der Waals surface area (Å²) in [5, 5.41) is 33.7. The highest BCUT2D eigenvalue weighted by atomic mass is 35.5. The Morgan fingerprint density at radius 1 is 1.06 bits per heavy atom. The monoisotopic (exact) mass is 478 g/mol. The largest absolute Gasteiger partial charge is 0.394 e. The van der Waals surface area contributed by atoms with Crippen LogP contribution in [0.4, 0.5) is 0 Å². The van der Waals surface area contributed by atoms with E-state index >= 15 is 0 Å². The van der Waals surface area contributed by atoms with Crippen LogP contribution < -0.4 is 10.7 Å². The zero-order valence-electron chi connectivity index (χ0n) is 16.6. The molecule has 32 heavy (non-hydrogen) atoms. The fourth-order valence-corrected chi connectivity index (χ4v) is 3.99. The fourth-order valence-electron chi connectivity index (χ4n) is 3.69. The summed E-state index contributed by atoms with van der Waals surface area (Å²) in [6, 6.07) is 11.4. The number of hydrogen-bond acceptors (Lipinski definition) is 6. The number of pyridine rings is 1. The molecular formula is C22H20Cl2N2O6. The van der Waals surface area contributed by atoms with Gasteiger partial charge in [-0.25, -0.2) is 0 Å². The lowest BCUT2D eigenvalue weighted by molar-refractivity contribution is -0.0509. The van der Waals surface area contributed by atoms with Crippen LogP contribution in [0.2, 0.25) is 10.0 Å². The molecule has 0 aliphatic carbocycles. The average molecular weight is 479 g/mol. The van der Waals surface area contributed by atoms with Crippen LogP contribution in [-0.4, -0.2) is 50.7 Å².